The number of alkyl halides is 3. The molecule has 0 spiro atoms. The highest BCUT2D eigenvalue weighted by molar-refractivity contribution is 6.03. The number of furan rings is 1. The van der Waals surface area contributed by atoms with Crippen LogP contribution < -0.4 is 10.6 Å². The number of nitrogens with zero attached hydrogens (tertiary/aromatic N) is 4. The smallest absolute Gasteiger partial charge is 0.410 e. The number of halogens is 3. The number of aromatic nitrogens is 4. The van der Waals surface area contributed by atoms with Gasteiger partial charge >= 0.3 is 6.18 Å². The molecule has 1 amide bonds. The SMILES string of the molecule is Cc1nn(C)cc1NC(=O)c1cc2n(n1)[C@@H](C(F)(F)F)C[C@H](c1ccco1)N2. The lowest BCUT2D eigenvalue weighted by atomic mass is 10.0. The van der Waals surface area contributed by atoms with Gasteiger partial charge in [-0.2, -0.15) is 23.4 Å². The molecule has 2 atom stereocenters. The van der Waals surface area contributed by atoms with Crippen LogP contribution in [0.1, 0.15) is 40.4 Å². The van der Waals surface area contributed by atoms with E-state index in [-0.39, 0.29) is 17.9 Å². The molecular formula is C17H17F3N6O2. The van der Waals surface area contributed by atoms with Gasteiger partial charge in [-0.15, -0.1) is 0 Å². The lowest BCUT2D eigenvalue weighted by Gasteiger charge is -2.32. The van der Waals surface area contributed by atoms with E-state index in [0.717, 1.165) is 4.68 Å². The Morgan fingerprint density at radius 1 is 1.39 bits per heavy atom. The van der Waals surface area contributed by atoms with Crippen LogP contribution in [0, 0.1) is 6.92 Å². The fourth-order valence-electron chi connectivity index (χ4n) is 3.27. The van der Waals surface area contributed by atoms with E-state index in [1.807, 2.05) is 0 Å². The first-order chi connectivity index (χ1) is 13.2. The number of nitrogens with one attached hydrogen (secondary N) is 2. The molecule has 28 heavy (non-hydrogen) atoms. The quantitative estimate of drug-likeness (QED) is 0.710. The zero-order chi connectivity index (χ0) is 20.1. The monoisotopic (exact) mass is 394 g/mol. The maximum atomic E-state index is 13.6. The van der Waals surface area contributed by atoms with E-state index in [4.69, 9.17) is 4.42 Å². The van der Waals surface area contributed by atoms with Gasteiger partial charge in [0.05, 0.1) is 23.7 Å². The summed E-state index contributed by atoms with van der Waals surface area (Å²) in [5, 5.41) is 13.6. The second-order valence-corrected chi connectivity index (χ2v) is 6.62. The third-order valence-electron chi connectivity index (χ3n) is 4.57. The van der Waals surface area contributed by atoms with Gasteiger partial charge in [0.25, 0.3) is 5.91 Å². The lowest BCUT2D eigenvalue weighted by Crippen LogP contribution is -2.35. The first-order valence-electron chi connectivity index (χ1n) is 8.50. The van der Waals surface area contributed by atoms with Gasteiger partial charge in [-0.25, -0.2) is 4.68 Å². The molecular weight excluding hydrogens is 377 g/mol. The van der Waals surface area contributed by atoms with Crippen molar-refractivity contribution in [2.75, 3.05) is 10.6 Å². The summed E-state index contributed by atoms with van der Waals surface area (Å²) in [6.45, 7) is 1.71. The van der Waals surface area contributed by atoms with Gasteiger partial charge in [0, 0.05) is 25.7 Å². The largest absolute Gasteiger partial charge is 0.467 e. The number of carbonyl (C=O) groups excluding carboxylic acids is 1. The minimum absolute atomic E-state index is 0.100. The van der Waals surface area contributed by atoms with E-state index in [2.05, 4.69) is 20.8 Å². The van der Waals surface area contributed by atoms with Gasteiger partial charge in [-0.05, 0) is 19.1 Å². The second-order valence-electron chi connectivity index (χ2n) is 6.62. The molecule has 148 valence electrons. The molecule has 0 fully saturated rings. The molecule has 4 rings (SSSR count). The fourth-order valence-corrected chi connectivity index (χ4v) is 3.27. The van der Waals surface area contributed by atoms with Crippen LogP contribution in [0.3, 0.4) is 0 Å². The molecule has 1 aliphatic rings. The fraction of sp³-hybridized carbons (Fsp3) is 0.353. The molecule has 2 N–H and O–H groups in total. The Hall–Kier alpha value is -3.24. The molecule has 3 aromatic rings. The highest BCUT2D eigenvalue weighted by Gasteiger charge is 2.47. The van der Waals surface area contributed by atoms with Gasteiger partial charge in [0.2, 0.25) is 0 Å². The van der Waals surface area contributed by atoms with Crippen molar-refractivity contribution in [3.8, 4) is 0 Å². The number of fused-ring (bicyclic) bond motifs is 1. The Morgan fingerprint density at radius 3 is 2.79 bits per heavy atom. The van der Waals surface area contributed by atoms with Crippen LogP contribution >= 0.6 is 0 Å². The van der Waals surface area contributed by atoms with Crippen LogP contribution in [-0.4, -0.2) is 31.6 Å². The minimum Gasteiger partial charge on any atom is -0.467 e. The van der Waals surface area contributed by atoms with Crippen molar-refractivity contribution in [2.45, 2.75) is 31.6 Å². The average molecular weight is 394 g/mol. The van der Waals surface area contributed by atoms with Crippen LogP contribution in [-0.2, 0) is 7.05 Å². The van der Waals surface area contributed by atoms with Gasteiger partial charge in [0.15, 0.2) is 11.7 Å². The third kappa shape index (κ3) is 3.23. The number of amides is 1. The maximum Gasteiger partial charge on any atom is 0.410 e. The Morgan fingerprint density at radius 2 is 2.18 bits per heavy atom. The van der Waals surface area contributed by atoms with E-state index >= 15 is 0 Å². The molecule has 8 nitrogen and oxygen atoms in total. The van der Waals surface area contributed by atoms with Crippen LogP contribution in [0.2, 0.25) is 0 Å². The number of hydrogen-bond acceptors (Lipinski definition) is 5. The lowest BCUT2D eigenvalue weighted by molar-refractivity contribution is -0.174. The molecule has 0 aromatic carbocycles. The number of carbonyl (C=O) groups is 1. The maximum absolute atomic E-state index is 13.6. The molecule has 0 radical (unpaired) electrons. The minimum atomic E-state index is -4.53. The molecule has 1 aliphatic heterocycles. The first kappa shape index (κ1) is 18.1. The van der Waals surface area contributed by atoms with E-state index in [1.54, 1.807) is 32.3 Å². The van der Waals surface area contributed by atoms with E-state index < -0.39 is 24.2 Å². The van der Waals surface area contributed by atoms with Crippen molar-refractivity contribution in [2.24, 2.45) is 7.05 Å². The number of aryl methyl sites for hydroxylation is 2. The van der Waals surface area contributed by atoms with Crippen molar-refractivity contribution in [1.82, 2.24) is 19.6 Å². The molecule has 0 bridgehead atoms. The van der Waals surface area contributed by atoms with Crippen molar-refractivity contribution in [1.29, 1.82) is 0 Å². The molecule has 11 heteroatoms. The van der Waals surface area contributed by atoms with Crippen LogP contribution in [0.25, 0.3) is 0 Å². The van der Waals surface area contributed by atoms with Crippen molar-refractivity contribution in [3.63, 3.8) is 0 Å². The van der Waals surface area contributed by atoms with Gasteiger partial charge < -0.3 is 15.1 Å². The first-order valence-corrected chi connectivity index (χ1v) is 8.50. The standard InChI is InChI=1S/C17H17F3N6O2/c1-9-12(8-25(2)23-9)22-16(27)11-7-15-21-10(13-4-3-5-28-13)6-14(17(18,19)20)26(15)24-11/h3-5,7-8,10,14,21H,6H2,1-2H3,(H,22,27)/t10-,14-/m1/s1. The predicted octanol–water partition coefficient (Wildman–Crippen LogP) is 3.43. The summed E-state index contributed by atoms with van der Waals surface area (Å²) in [4.78, 5) is 12.5. The molecule has 0 aliphatic carbocycles. The molecule has 4 heterocycles. The summed E-state index contributed by atoms with van der Waals surface area (Å²) in [7, 11) is 1.70. The molecule has 0 saturated heterocycles. The van der Waals surface area contributed by atoms with Crippen molar-refractivity contribution < 1.29 is 22.4 Å². The van der Waals surface area contributed by atoms with E-state index in [1.165, 1.54) is 17.0 Å². The molecule has 3 aromatic heterocycles. The van der Waals surface area contributed by atoms with Gasteiger partial charge in [-0.3, -0.25) is 9.48 Å². The predicted molar refractivity (Wildman–Crippen MR) is 92.9 cm³/mol. The third-order valence-corrected chi connectivity index (χ3v) is 4.57. The van der Waals surface area contributed by atoms with Crippen molar-refractivity contribution in [3.05, 3.63) is 47.8 Å². The Balaban J connectivity index is 1.65. The second kappa shape index (κ2) is 6.43. The highest BCUT2D eigenvalue weighted by atomic mass is 19.4. The van der Waals surface area contributed by atoms with E-state index in [9.17, 15) is 18.0 Å². The Kier molecular flexibility index (Phi) is 4.16. The van der Waals surface area contributed by atoms with Gasteiger partial charge in [-0.1, -0.05) is 0 Å². The summed E-state index contributed by atoms with van der Waals surface area (Å²) in [5.41, 5.74) is 0.927. The van der Waals surface area contributed by atoms with E-state index in [0.29, 0.717) is 17.1 Å². The van der Waals surface area contributed by atoms with Gasteiger partial charge in [0.1, 0.15) is 11.6 Å². The van der Waals surface area contributed by atoms with Crippen LogP contribution in [0.4, 0.5) is 24.7 Å². The average Bonchev–Trinajstić information content (AvgIpc) is 3.33. The Bertz CT molecular complexity index is 1000. The van der Waals surface area contributed by atoms with Crippen LogP contribution in [0.5, 0.6) is 0 Å². The molecule has 0 unspecified atom stereocenters. The van der Waals surface area contributed by atoms with Crippen LogP contribution in [0.15, 0.2) is 35.1 Å². The number of rotatable bonds is 3. The zero-order valence-electron chi connectivity index (χ0n) is 15.0. The summed E-state index contributed by atoms with van der Waals surface area (Å²) >= 11 is 0. The van der Waals surface area contributed by atoms with Crippen molar-refractivity contribution >= 4 is 17.4 Å². The zero-order valence-corrected chi connectivity index (χ0v) is 15.0. The highest BCUT2D eigenvalue weighted by Crippen LogP contribution is 2.43. The topological polar surface area (TPSA) is 89.9 Å². The number of anilines is 2. The normalized spacial score (nSPS) is 19.2. The summed E-state index contributed by atoms with van der Waals surface area (Å²) < 4.78 is 48.4. The summed E-state index contributed by atoms with van der Waals surface area (Å²) in [6, 6.07) is 1.97. The summed E-state index contributed by atoms with van der Waals surface area (Å²) in [5.74, 6) is -0.128. The molecule has 0 saturated carbocycles. The Labute approximate surface area is 157 Å². The summed E-state index contributed by atoms with van der Waals surface area (Å²) in [6.07, 6.45) is -1.82. The number of hydrogen-bond donors (Lipinski definition) is 2.